The molecule has 4 aromatic rings. The first-order valence-electron chi connectivity index (χ1n) is 10.6. The summed E-state index contributed by atoms with van der Waals surface area (Å²) in [5, 5.41) is 0. The molecular weight excluding hydrogens is 347 g/mol. The van der Waals surface area contributed by atoms with Gasteiger partial charge < -0.3 is 0 Å². The highest BCUT2D eigenvalue weighted by atomic mass is 14.1. The van der Waals surface area contributed by atoms with Gasteiger partial charge in [-0.15, -0.1) is 0 Å². The van der Waals surface area contributed by atoms with E-state index in [-0.39, 0.29) is 6.71 Å². The molecule has 0 aliphatic rings. The molecule has 0 fully saturated rings. The zero-order chi connectivity index (χ0) is 19.9. The summed E-state index contributed by atoms with van der Waals surface area (Å²) in [6.45, 7) is 2.46. The van der Waals surface area contributed by atoms with E-state index in [2.05, 4.69) is 116 Å². The van der Waals surface area contributed by atoms with Crippen molar-refractivity contribution in [1.29, 1.82) is 0 Å². The predicted molar refractivity (Wildman–Crippen MR) is 128 cm³/mol. The Kier molecular flexibility index (Phi) is 6.27. The van der Waals surface area contributed by atoms with Gasteiger partial charge in [-0.05, 0) is 29.5 Å². The van der Waals surface area contributed by atoms with Gasteiger partial charge in [0.1, 0.15) is 0 Å². The molecule has 0 aliphatic heterocycles. The van der Waals surface area contributed by atoms with E-state index in [1.807, 2.05) is 0 Å². The maximum absolute atomic E-state index is 2.29. The molecule has 0 amide bonds. The fourth-order valence-corrected chi connectivity index (χ4v) is 4.09. The van der Waals surface area contributed by atoms with Crippen molar-refractivity contribution in [2.24, 2.45) is 0 Å². The molecule has 0 nitrogen and oxygen atoms in total. The van der Waals surface area contributed by atoms with E-state index < -0.39 is 0 Å². The lowest BCUT2D eigenvalue weighted by molar-refractivity contribution is 0.795. The van der Waals surface area contributed by atoms with Crippen molar-refractivity contribution in [3.63, 3.8) is 0 Å². The summed E-state index contributed by atoms with van der Waals surface area (Å²) in [7, 11) is 0. The van der Waals surface area contributed by atoms with Gasteiger partial charge in [-0.25, -0.2) is 0 Å². The Balaban J connectivity index is 1.79. The van der Waals surface area contributed by atoms with Gasteiger partial charge in [-0.1, -0.05) is 139 Å². The van der Waals surface area contributed by atoms with Crippen LogP contribution in [0.2, 0.25) is 0 Å². The van der Waals surface area contributed by atoms with Gasteiger partial charge in [0.25, 0.3) is 0 Å². The van der Waals surface area contributed by atoms with Crippen LogP contribution in [0.3, 0.4) is 0 Å². The fourth-order valence-electron chi connectivity index (χ4n) is 4.09. The smallest absolute Gasteiger partial charge is 0.0686 e. The molecule has 0 bridgehead atoms. The molecule has 1 heteroatoms. The van der Waals surface area contributed by atoms with Gasteiger partial charge in [0, 0.05) is 0 Å². The van der Waals surface area contributed by atoms with Crippen molar-refractivity contribution in [2.45, 2.75) is 26.2 Å². The summed E-state index contributed by atoms with van der Waals surface area (Å²) in [4.78, 5) is 0. The highest BCUT2D eigenvalue weighted by molar-refractivity contribution is 6.96. The third-order valence-corrected chi connectivity index (χ3v) is 5.62. The Labute approximate surface area is 175 Å². The van der Waals surface area contributed by atoms with E-state index >= 15 is 0 Å². The van der Waals surface area contributed by atoms with Crippen molar-refractivity contribution in [1.82, 2.24) is 0 Å². The first-order valence-corrected chi connectivity index (χ1v) is 10.6. The van der Waals surface area contributed by atoms with E-state index in [4.69, 9.17) is 0 Å². The molecule has 0 saturated carbocycles. The van der Waals surface area contributed by atoms with Crippen LogP contribution in [-0.2, 0) is 6.42 Å². The third-order valence-electron chi connectivity index (χ3n) is 5.62. The summed E-state index contributed by atoms with van der Waals surface area (Å²) < 4.78 is 0. The Morgan fingerprint density at radius 1 is 0.586 bits per heavy atom. The minimum Gasteiger partial charge on any atom is -0.0686 e. The van der Waals surface area contributed by atoms with E-state index in [9.17, 15) is 0 Å². The molecule has 0 spiro atoms. The molecule has 0 radical (unpaired) electrons. The van der Waals surface area contributed by atoms with Gasteiger partial charge in [-0.3, -0.25) is 0 Å². The van der Waals surface area contributed by atoms with Crippen LogP contribution >= 0.6 is 0 Å². The monoisotopic (exact) mass is 374 g/mol. The van der Waals surface area contributed by atoms with Crippen LogP contribution in [0.25, 0.3) is 11.1 Å². The second-order valence-electron chi connectivity index (χ2n) is 7.64. The zero-order valence-corrected chi connectivity index (χ0v) is 17.1. The van der Waals surface area contributed by atoms with Gasteiger partial charge in [-0.2, -0.15) is 0 Å². The number of rotatable bonds is 7. The number of aryl methyl sites for hydroxylation is 1. The summed E-state index contributed by atoms with van der Waals surface area (Å²) in [6, 6.07) is 39.7. The van der Waals surface area contributed by atoms with E-state index in [1.165, 1.54) is 45.9 Å². The van der Waals surface area contributed by atoms with Crippen LogP contribution in [0, 0.1) is 0 Å². The minimum atomic E-state index is 0.216. The molecule has 142 valence electrons. The molecule has 0 aliphatic carbocycles. The second-order valence-corrected chi connectivity index (χ2v) is 7.64. The van der Waals surface area contributed by atoms with E-state index in [0.717, 1.165) is 6.42 Å². The molecule has 29 heavy (non-hydrogen) atoms. The molecule has 0 aromatic heterocycles. The fraction of sp³-hybridized carbons (Fsp3) is 0.143. The quantitative estimate of drug-likeness (QED) is 0.390. The molecule has 0 unspecified atom stereocenters. The highest BCUT2D eigenvalue weighted by Gasteiger charge is 2.24. The van der Waals surface area contributed by atoms with Crippen LogP contribution in [0.4, 0.5) is 0 Å². The Morgan fingerprint density at radius 2 is 1.14 bits per heavy atom. The van der Waals surface area contributed by atoms with E-state index in [1.54, 1.807) is 0 Å². The number of hydrogen-bond acceptors (Lipinski definition) is 0. The molecule has 0 heterocycles. The average Bonchev–Trinajstić information content (AvgIpc) is 2.80. The van der Waals surface area contributed by atoms with Crippen LogP contribution in [0.5, 0.6) is 0 Å². The largest absolute Gasteiger partial charge is 0.241 e. The predicted octanol–water partition coefficient (Wildman–Crippen LogP) is 5.21. The lowest BCUT2D eigenvalue weighted by atomic mass is 9.36. The maximum Gasteiger partial charge on any atom is 0.241 e. The van der Waals surface area contributed by atoms with Crippen molar-refractivity contribution in [3.8, 4) is 11.1 Å². The average molecular weight is 374 g/mol. The molecule has 0 atom stereocenters. The molecular formula is C28H27B. The molecule has 4 aromatic carbocycles. The third kappa shape index (κ3) is 4.51. The van der Waals surface area contributed by atoms with Gasteiger partial charge in [0.05, 0.1) is 0 Å². The van der Waals surface area contributed by atoms with Crippen molar-refractivity contribution >= 4 is 23.1 Å². The molecule has 4 rings (SSSR count). The second kappa shape index (κ2) is 9.43. The first kappa shape index (κ1) is 19.3. The van der Waals surface area contributed by atoms with E-state index in [0.29, 0.717) is 0 Å². The number of benzene rings is 4. The first-order chi connectivity index (χ1) is 14.4. The molecule has 0 N–H and O–H groups in total. The Bertz CT molecular complexity index is 981. The normalized spacial score (nSPS) is 10.7. The summed E-state index contributed by atoms with van der Waals surface area (Å²) in [6.07, 6.45) is 3.65. The standard InChI is InChI=1S/C28H27B/c1-2-3-12-23-19-21-24(22-20-23)27-17-10-11-18-28(27)29(25-13-6-4-7-14-25)26-15-8-5-9-16-26/h4-11,13-22H,2-3,12H2,1H3. The minimum absolute atomic E-state index is 0.216. The summed E-state index contributed by atoms with van der Waals surface area (Å²) >= 11 is 0. The van der Waals surface area contributed by atoms with Crippen LogP contribution in [-0.4, -0.2) is 6.71 Å². The van der Waals surface area contributed by atoms with Crippen molar-refractivity contribution < 1.29 is 0 Å². The Morgan fingerprint density at radius 3 is 1.72 bits per heavy atom. The molecule has 0 saturated heterocycles. The Hall–Kier alpha value is -3.06. The number of hydrogen-bond donors (Lipinski definition) is 0. The van der Waals surface area contributed by atoms with Gasteiger partial charge >= 0.3 is 0 Å². The topological polar surface area (TPSA) is 0 Å². The van der Waals surface area contributed by atoms with Crippen LogP contribution < -0.4 is 16.4 Å². The summed E-state index contributed by atoms with van der Waals surface area (Å²) in [5.41, 5.74) is 8.03. The maximum atomic E-state index is 2.29. The highest BCUT2D eigenvalue weighted by Crippen LogP contribution is 2.20. The van der Waals surface area contributed by atoms with Crippen molar-refractivity contribution in [2.75, 3.05) is 0 Å². The lowest BCUT2D eigenvalue weighted by Gasteiger charge is -2.19. The van der Waals surface area contributed by atoms with Crippen LogP contribution in [0.15, 0.2) is 109 Å². The SMILES string of the molecule is CCCCc1ccc(-c2ccccc2B(c2ccccc2)c2ccccc2)cc1. The number of unbranched alkanes of at least 4 members (excludes halogenated alkanes) is 1. The lowest BCUT2D eigenvalue weighted by Crippen LogP contribution is -2.52. The van der Waals surface area contributed by atoms with Crippen molar-refractivity contribution in [3.05, 3.63) is 115 Å². The van der Waals surface area contributed by atoms with Gasteiger partial charge in [0.2, 0.25) is 6.71 Å². The summed E-state index contributed by atoms with van der Waals surface area (Å²) in [5.74, 6) is 0. The van der Waals surface area contributed by atoms with Gasteiger partial charge in [0.15, 0.2) is 0 Å². The van der Waals surface area contributed by atoms with Crippen LogP contribution in [0.1, 0.15) is 25.3 Å². The zero-order valence-electron chi connectivity index (χ0n) is 17.1.